The highest BCUT2D eigenvalue weighted by atomic mass is 79.9. The molecule has 1 aliphatic rings. The van der Waals surface area contributed by atoms with Gasteiger partial charge in [0, 0.05) is 11.0 Å². The van der Waals surface area contributed by atoms with Crippen molar-refractivity contribution in [1.82, 2.24) is 4.90 Å². The maximum atomic E-state index is 9.58. The number of piperidine rings is 1. The van der Waals surface area contributed by atoms with Gasteiger partial charge >= 0.3 is 0 Å². The fourth-order valence-corrected chi connectivity index (χ4v) is 2.63. The third kappa shape index (κ3) is 4.79. The molecule has 1 aromatic rings. The number of halogens is 1. The maximum Gasteiger partial charge on any atom is 0.119 e. The second kappa shape index (κ2) is 7.27. The summed E-state index contributed by atoms with van der Waals surface area (Å²) in [5.74, 6) is 1.13. The van der Waals surface area contributed by atoms with Crippen LogP contribution in [0.2, 0.25) is 0 Å². The van der Waals surface area contributed by atoms with Crippen LogP contribution in [0.5, 0.6) is 5.75 Å². The van der Waals surface area contributed by atoms with E-state index in [0.717, 1.165) is 36.2 Å². The molecule has 0 amide bonds. The molecule has 0 radical (unpaired) electrons. The number of likely N-dealkylation sites (tertiary alicyclic amines) is 1. The molecule has 1 aromatic carbocycles. The first-order valence-corrected chi connectivity index (χ1v) is 7.59. The van der Waals surface area contributed by atoms with Crippen molar-refractivity contribution >= 4 is 15.9 Å². The normalized spacial score (nSPS) is 21.7. The Morgan fingerprint density at radius 1 is 1.42 bits per heavy atom. The molecule has 1 saturated heterocycles. The lowest BCUT2D eigenvalue weighted by Gasteiger charge is -2.33. The Morgan fingerprint density at radius 3 is 2.63 bits per heavy atom. The van der Waals surface area contributed by atoms with Crippen molar-refractivity contribution < 1.29 is 11.2 Å². The van der Waals surface area contributed by atoms with E-state index in [2.05, 4.69) is 20.8 Å². The molecule has 3 nitrogen and oxygen atoms in total. The summed E-state index contributed by atoms with van der Waals surface area (Å²) < 4.78 is 14.6. The van der Waals surface area contributed by atoms with E-state index in [1.54, 1.807) is 0 Å². The van der Waals surface area contributed by atoms with Crippen molar-refractivity contribution in [3.63, 3.8) is 0 Å². The summed E-state index contributed by atoms with van der Waals surface area (Å²) in [6.07, 6.45) is 1.79. The molecule has 1 heterocycles. The van der Waals surface area contributed by atoms with E-state index in [0.29, 0.717) is 12.5 Å². The lowest BCUT2D eigenvalue weighted by atomic mass is 9.92. The number of nitrogens with zero attached hydrogens (tertiary/aromatic N) is 1. The molecule has 0 bridgehead atoms. The minimum absolute atomic E-state index is 0.219. The van der Waals surface area contributed by atoms with Gasteiger partial charge in [-0.2, -0.15) is 0 Å². The van der Waals surface area contributed by atoms with E-state index in [-0.39, 0.29) is 6.10 Å². The highest BCUT2D eigenvalue weighted by Crippen LogP contribution is 2.20. The second-order valence-corrected chi connectivity index (χ2v) is 6.03. The summed E-state index contributed by atoms with van der Waals surface area (Å²) in [7, 11) is 0. The predicted octanol–water partition coefficient (Wildman–Crippen LogP) is 2.92. The highest BCUT2D eigenvalue weighted by molar-refractivity contribution is 9.10. The topological polar surface area (TPSA) is 32.7 Å². The van der Waals surface area contributed by atoms with Gasteiger partial charge in [0.15, 0.2) is 0 Å². The van der Waals surface area contributed by atoms with Crippen LogP contribution in [0.25, 0.3) is 0 Å². The number of aliphatic hydroxyl groups excluding tert-OH is 1. The van der Waals surface area contributed by atoms with Gasteiger partial charge in [-0.15, -0.1) is 0 Å². The number of aliphatic hydroxyl groups is 1. The van der Waals surface area contributed by atoms with Crippen LogP contribution in [0, 0.1) is 5.92 Å². The number of hydrogen-bond acceptors (Lipinski definition) is 3. The lowest BCUT2D eigenvalue weighted by molar-refractivity contribution is 0.0672. The minimum atomic E-state index is -0.570. The molecule has 0 aliphatic carbocycles. The van der Waals surface area contributed by atoms with Crippen molar-refractivity contribution in [2.75, 3.05) is 26.2 Å². The van der Waals surface area contributed by atoms with E-state index >= 15 is 0 Å². The van der Waals surface area contributed by atoms with E-state index in [1.165, 1.54) is 0 Å². The Balaban J connectivity index is 1.75. The van der Waals surface area contributed by atoms with Gasteiger partial charge in [0.05, 0.1) is 7.47 Å². The summed E-state index contributed by atoms with van der Waals surface area (Å²) in [4.78, 5) is 2.25. The Kier molecular flexibility index (Phi) is 5.13. The van der Waals surface area contributed by atoms with Gasteiger partial charge in [0.2, 0.25) is 0 Å². The monoisotopic (exact) mass is 328 g/mol. The largest absolute Gasteiger partial charge is 0.492 e. The van der Waals surface area contributed by atoms with Crippen LogP contribution in [0.1, 0.15) is 21.1 Å². The molecular weight excluding hydrogens is 306 g/mol. The van der Waals surface area contributed by atoms with Crippen molar-refractivity contribution in [3.05, 3.63) is 28.7 Å². The Labute approximate surface area is 125 Å². The smallest absolute Gasteiger partial charge is 0.119 e. The van der Waals surface area contributed by atoms with Gasteiger partial charge in [0.1, 0.15) is 12.3 Å². The Morgan fingerprint density at radius 2 is 2.05 bits per heavy atom. The maximum absolute atomic E-state index is 9.58. The van der Waals surface area contributed by atoms with Crippen LogP contribution < -0.4 is 4.74 Å². The molecule has 2 unspecified atom stereocenters. The van der Waals surface area contributed by atoms with Crippen molar-refractivity contribution in [2.24, 2.45) is 5.92 Å². The highest BCUT2D eigenvalue weighted by Gasteiger charge is 2.22. The summed E-state index contributed by atoms with van der Waals surface area (Å²) in [5, 5.41) is 9.58. The molecule has 1 fully saturated rings. The molecule has 0 spiro atoms. The van der Waals surface area contributed by atoms with Crippen LogP contribution in [0.3, 0.4) is 0 Å². The first-order valence-electron chi connectivity index (χ1n) is 7.37. The minimum Gasteiger partial charge on any atom is -0.492 e. The van der Waals surface area contributed by atoms with Gasteiger partial charge in [-0.1, -0.05) is 15.9 Å². The number of benzene rings is 1. The SMILES string of the molecule is [2H]C(CN1CCC(C(C)O)CC1)Oc1ccc(Br)cc1. The lowest BCUT2D eigenvalue weighted by Crippen LogP contribution is -2.39. The fraction of sp³-hybridized carbons (Fsp3) is 0.600. The quantitative estimate of drug-likeness (QED) is 0.902. The van der Waals surface area contributed by atoms with E-state index in [4.69, 9.17) is 6.11 Å². The average Bonchev–Trinajstić information content (AvgIpc) is 2.42. The molecule has 1 aliphatic heterocycles. The second-order valence-electron chi connectivity index (χ2n) is 5.12. The third-order valence-electron chi connectivity index (χ3n) is 3.68. The van der Waals surface area contributed by atoms with Gasteiger partial charge in [-0.3, -0.25) is 4.90 Å². The summed E-state index contributed by atoms with van der Waals surface area (Å²) >= 11 is 3.38. The van der Waals surface area contributed by atoms with E-state index in [1.807, 2.05) is 31.2 Å². The molecule has 19 heavy (non-hydrogen) atoms. The molecule has 0 aromatic heterocycles. The number of ether oxygens (including phenoxy) is 1. The first kappa shape index (κ1) is 13.4. The van der Waals surface area contributed by atoms with Crippen molar-refractivity contribution in [3.8, 4) is 5.75 Å². The van der Waals surface area contributed by atoms with Crippen LogP contribution in [-0.4, -0.2) is 42.3 Å². The zero-order chi connectivity index (χ0) is 14.5. The van der Waals surface area contributed by atoms with Crippen molar-refractivity contribution in [2.45, 2.75) is 25.9 Å². The molecular formula is C15H22BrNO2. The molecule has 4 heteroatoms. The zero-order valence-electron chi connectivity index (χ0n) is 12.3. The van der Waals surface area contributed by atoms with E-state index in [9.17, 15) is 5.11 Å². The third-order valence-corrected chi connectivity index (χ3v) is 4.21. The fourth-order valence-electron chi connectivity index (χ4n) is 2.37. The van der Waals surface area contributed by atoms with Crippen LogP contribution in [0.15, 0.2) is 28.7 Å². The predicted molar refractivity (Wildman–Crippen MR) is 80.5 cm³/mol. The molecule has 2 atom stereocenters. The molecule has 0 saturated carbocycles. The molecule has 2 rings (SSSR count). The van der Waals surface area contributed by atoms with Gasteiger partial charge in [-0.25, -0.2) is 0 Å². The van der Waals surface area contributed by atoms with E-state index < -0.39 is 6.58 Å². The zero-order valence-corrected chi connectivity index (χ0v) is 12.8. The van der Waals surface area contributed by atoms with Gasteiger partial charge in [0.25, 0.3) is 0 Å². The Bertz CT molecular complexity index is 405. The first-order chi connectivity index (χ1) is 9.54. The van der Waals surface area contributed by atoms with Gasteiger partial charge < -0.3 is 9.84 Å². The van der Waals surface area contributed by atoms with Crippen molar-refractivity contribution in [1.29, 1.82) is 0 Å². The van der Waals surface area contributed by atoms with Crippen LogP contribution in [0.4, 0.5) is 0 Å². The molecule has 1 N–H and O–H groups in total. The summed E-state index contributed by atoms with van der Waals surface area (Å²) in [5.41, 5.74) is 0. The number of hydrogen-bond donors (Lipinski definition) is 1. The average molecular weight is 329 g/mol. The summed E-state index contributed by atoms with van der Waals surface area (Å²) in [6.45, 7) is 3.79. The standard InChI is InChI=1S/C15H22BrNO2/c1-12(18)13-6-8-17(9-7-13)10-11-19-15-4-2-14(16)3-5-15/h2-5,12-13,18H,6-11H2,1H3/i11D. The van der Waals surface area contributed by atoms with Crippen LogP contribution in [-0.2, 0) is 0 Å². The molecule has 106 valence electrons. The summed E-state index contributed by atoms with van der Waals surface area (Å²) in [6, 6.07) is 7.56. The number of rotatable bonds is 5. The van der Waals surface area contributed by atoms with Crippen LogP contribution >= 0.6 is 15.9 Å². The van der Waals surface area contributed by atoms with Gasteiger partial charge in [-0.05, 0) is 63.0 Å². The Hall–Kier alpha value is -0.580.